The van der Waals surface area contributed by atoms with Crippen molar-refractivity contribution < 1.29 is 9.63 Å². The number of benzene rings is 1. The Morgan fingerprint density at radius 3 is 2.63 bits per heavy atom. The molecule has 0 saturated carbocycles. The second-order valence-electron chi connectivity index (χ2n) is 3.77. The van der Waals surface area contributed by atoms with Crippen LogP contribution in [-0.4, -0.2) is 16.6 Å². The lowest BCUT2D eigenvalue weighted by molar-refractivity contribution is -0.131. The van der Waals surface area contributed by atoms with E-state index in [4.69, 9.17) is 4.84 Å². The van der Waals surface area contributed by atoms with E-state index in [1.807, 2.05) is 42.5 Å². The molecule has 0 bridgehead atoms. The van der Waals surface area contributed by atoms with Gasteiger partial charge in [-0.15, -0.1) is 11.8 Å². The second-order valence-corrected chi connectivity index (χ2v) is 4.82. The van der Waals surface area contributed by atoms with Gasteiger partial charge in [-0.3, -0.25) is 14.6 Å². The monoisotopic (exact) mass is 274 g/mol. The van der Waals surface area contributed by atoms with E-state index < -0.39 is 0 Å². The maximum atomic E-state index is 11.5. The lowest BCUT2D eigenvalue weighted by Gasteiger charge is -2.05. The molecular weight excluding hydrogens is 260 g/mol. The molecule has 5 heteroatoms. The summed E-state index contributed by atoms with van der Waals surface area (Å²) in [6, 6.07) is 13.4. The van der Waals surface area contributed by atoms with Gasteiger partial charge in [0.25, 0.3) is 5.91 Å². The van der Waals surface area contributed by atoms with Gasteiger partial charge in [-0.1, -0.05) is 30.3 Å². The Morgan fingerprint density at radius 2 is 1.89 bits per heavy atom. The van der Waals surface area contributed by atoms with Crippen molar-refractivity contribution in [1.29, 1.82) is 0 Å². The average Bonchev–Trinajstić information content (AvgIpc) is 2.47. The number of hydrogen-bond donors (Lipinski definition) is 1. The van der Waals surface area contributed by atoms with Gasteiger partial charge in [0.2, 0.25) is 0 Å². The molecule has 0 spiro atoms. The largest absolute Gasteiger partial charge is 0.272 e. The molecule has 0 atom stereocenters. The molecule has 1 amide bonds. The van der Waals surface area contributed by atoms with Crippen LogP contribution in [0.3, 0.4) is 0 Å². The van der Waals surface area contributed by atoms with Crippen LogP contribution >= 0.6 is 11.8 Å². The highest BCUT2D eigenvalue weighted by atomic mass is 32.2. The highest BCUT2D eigenvalue weighted by Gasteiger charge is 2.02. The fourth-order valence-electron chi connectivity index (χ4n) is 1.39. The van der Waals surface area contributed by atoms with E-state index in [1.165, 1.54) is 11.8 Å². The molecule has 19 heavy (non-hydrogen) atoms. The third-order valence-electron chi connectivity index (χ3n) is 2.29. The summed E-state index contributed by atoms with van der Waals surface area (Å²) in [6.45, 7) is 0.368. The topological polar surface area (TPSA) is 51.2 Å². The Morgan fingerprint density at radius 1 is 1.16 bits per heavy atom. The zero-order chi connectivity index (χ0) is 13.3. The Labute approximate surface area is 116 Å². The van der Waals surface area contributed by atoms with Crippen molar-refractivity contribution in [2.24, 2.45) is 0 Å². The lowest BCUT2D eigenvalue weighted by atomic mass is 10.2. The molecule has 1 heterocycles. The van der Waals surface area contributed by atoms with Gasteiger partial charge in [-0.2, -0.15) is 0 Å². The van der Waals surface area contributed by atoms with E-state index in [-0.39, 0.29) is 5.91 Å². The van der Waals surface area contributed by atoms with Gasteiger partial charge < -0.3 is 0 Å². The van der Waals surface area contributed by atoms with Crippen molar-refractivity contribution in [3.63, 3.8) is 0 Å². The molecule has 98 valence electrons. The number of nitrogens with one attached hydrogen (secondary N) is 1. The third kappa shape index (κ3) is 5.11. The minimum atomic E-state index is -0.155. The Bertz CT molecular complexity index is 505. The molecule has 4 nitrogen and oxygen atoms in total. The van der Waals surface area contributed by atoms with Gasteiger partial charge >= 0.3 is 0 Å². The highest BCUT2D eigenvalue weighted by molar-refractivity contribution is 8.00. The van der Waals surface area contributed by atoms with Crippen LogP contribution in [0.5, 0.6) is 0 Å². The van der Waals surface area contributed by atoms with Crippen LogP contribution < -0.4 is 5.48 Å². The summed E-state index contributed by atoms with van der Waals surface area (Å²) in [5.74, 6) is 0.163. The Hall–Kier alpha value is -1.85. The van der Waals surface area contributed by atoms with Gasteiger partial charge in [-0.05, 0) is 17.7 Å². The molecule has 1 N–H and O–H groups in total. The molecule has 2 aromatic rings. The number of carbonyl (C=O) groups is 1. The number of hydrogen-bond acceptors (Lipinski definition) is 4. The molecule has 1 aromatic carbocycles. The van der Waals surface area contributed by atoms with Gasteiger partial charge in [0.05, 0.1) is 12.4 Å². The number of carbonyl (C=O) groups excluding carboxylic acids is 1. The normalized spacial score (nSPS) is 10.1. The first-order valence-electron chi connectivity index (χ1n) is 5.82. The third-order valence-corrected chi connectivity index (χ3v) is 3.30. The maximum absolute atomic E-state index is 11.5. The smallest absolute Gasteiger partial charge is 0.253 e. The quantitative estimate of drug-likeness (QED) is 0.649. The first kappa shape index (κ1) is 13.6. The van der Waals surface area contributed by atoms with Crippen molar-refractivity contribution in [3.05, 3.63) is 60.4 Å². The lowest BCUT2D eigenvalue weighted by Crippen LogP contribution is -2.25. The standard InChI is InChI=1S/C14H14N2O2S/c17-14(11-19-13-6-8-15-9-7-13)16-18-10-12-4-2-1-3-5-12/h1-9H,10-11H2,(H,16,17). The fourth-order valence-corrected chi connectivity index (χ4v) is 2.06. The molecule has 0 saturated heterocycles. The maximum Gasteiger partial charge on any atom is 0.253 e. The molecule has 0 aliphatic rings. The molecule has 0 aliphatic carbocycles. The van der Waals surface area contributed by atoms with Crippen LogP contribution in [0.1, 0.15) is 5.56 Å². The number of nitrogens with zero attached hydrogens (tertiary/aromatic N) is 1. The van der Waals surface area contributed by atoms with Gasteiger partial charge in [0.1, 0.15) is 0 Å². The molecule has 0 unspecified atom stereocenters. The van der Waals surface area contributed by atoms with Crippen LogP contribution in [0.4, 0.5) is 0 Å². The molecule has 0 aliphatic heterocycles. The first-order valence-corrected chi connectivity index (χ1v) is 6.80. The van der Waals surface area contributed by atoms with Crippen LogP contribution in [0.25, 0.3) is 0 Å². The zero-order valence-electron chi connectivity index (χ0n) is 10.3. The molecular formula is C14H14N2O2S. The molecule has 2 rings (SSSR count). The SMILES string of the molecule is O=C(CSc1ccncc1)NOCc1ccccc1. The van der Waals surface area contributed by atoms with Crippen molar-refractivity contribution in [2.75, 3.05) is 5.75 Å². The fraction of sp³-hybridized carbons (Fsp3) is 0.143. The summed E-state index contributed by atoms with van der Waals surface area (Å²) >= 11 is 1.44. The summed E-state index contributed by atoms with van der Waals surface area (Å²) in [4.78, 5) is 21.6. The number of pyridine rings is 1. The molecule has 1 aromatic heterocycles. The minimum Gasteiger partial charge on any atom is -0.272 e. The van der Waals surface area contributed by atoms with Crippen LogP contribution in [0.2, 0.25) is 0 Å². The van der Waals surface area contributed by atoms with E-state index in [9.17, 15) is 4.79 Å². The van der Waals surface area contributed by atoms with Crippen LogP contribution in [0, 0.1) is 0 Å². The van der Waals surface area contributed by atoms with E-state index in [0.717, 1.165) is 10.5 Å². The first-order chi connectivity index (χ1) is 9.34. The predicted molar refractivity (Wildman–Crippen MR) is 74.3 cm³/mol. The summed E-state index contributed by atoms with van der Waals surface area (Å²) in [5.41, 5.74) is 3.44. The Kier molecular flexibility index (Phi) is 5.40. The van der Waals surface area contributed by atoms with Crippen molar-refractivity contribution in [3.8, 4) is 0 Å². The summed E-state index contributed by atoms with van der Waals surface area (Å²) in [6.07, 6.45) is 3.40. The zero-order valence-corrected chi connectivity index (χ0v) is 11.1. The van der Waals surface area contributed by atoms with Crippen LogP contribution in [0.15, 0.2) is 59.8 Å². The van der Waals surface area contributed by atoms with E-state index in [1.54, 1.807) is 12.4 Å². The Balaban J connectivity index is 1.65. The summed E-state index contributed by atoms with van der Waals surface area (Å²) in [7, 11) is 0. The van der Waals surface area contributed by atoms with Gasteiger partial charge in [0, 0.05) is 17.3 Å². The van der Waals surface area contributed by atoms with Crippen molar-refractivity contribution in [1.82, 2.24) is 10.5 Å². The number of rotatable bonds is 6. The van der Waals surface area contributed by atoms with Crippen molar-refractivity contribution >= 4 is 17.7 Å². The van der Waals surface area contributed by atoms with E-state index in [0.29, 0.717) is 12.4 Å². The predicted octanol–water partition coefficient (Wildman–Crippen LogP) is 2.42. The van der Waals surface area contributed by atoms with Gasteiger partial charge in [-0.25, -0.2) is 5.48 Å². The number of hydroxylamine groups is 1. The highest BCUT2D eigenvalue weighted by Crippen LogP contribution is 2.15. The van der Waals surface area contributed by atoms with E-state index in [2.05, 4.69) is 10.5 Å². The number of amides is 1. The molecule has 0 fully saturated rings. The van der Waals surface area contributed by atoms with Gasteiger partial charge in [0.15, 0.2) is 0 Å². The number of aromatic nitrogens is 1. The minimum absolute atomic E-state index is 0.155. The molecule has 0 radical (unpaired) electrons. The average molecular weight is 274 g/mol. The summed E-state index contributed by atoms with van der Waals surface area (Å²) in [5, 5.41) is 0. The van der Waals surface area contributed by atoms with Crippen molar-refractivity contribution in [2.45, 2.75) is 11.5 Å². The van der Waals surface area contributed by atoms with Crippen LogP contribution in [-0.2, 0) is 16.2 Å². The number of thioether (sulfide) groups is 1. The second kappa shape index (κ2) is 7.56. The summed E-state index contributed by atoms with van der Waals surface area (Å²) < 4.78 is 0. The van der Waals surface area contributed by atoms with E-state index >= 15 is 0 Å².